The van der Waals surface area contributed by atoms with Gasteiger partial charge in [0.15, 0.2) is 0 Å². The molecule has 1 amide bonds. The van der Waals surface area contributed by atoms with Crippen LogP contribution in [0.2, 0.25) is 0 Å². The maximum atomic E-state index is 13.4. The van der Waals surface area contributed by atoms with Crippen molar-refractivity contribution in [2.75, 3.05) is 32.7 Å². The minimum absolute atomic E-state index is 0.209. The van der Waals surface area contributed by atoms with Crippen molar-refractivity contribution in [2.24, 2.45) is 5.92 Å². The van der Waals surface area contributed by atoms with Crippen molar-refractivity contribution in [1.82, 2.24) is 9.80 Å². The third-order valence-corrected chi connectivity index (χ3v) is 5.22. The highest BCUT2D eigenvalue weighted by Crippen LogP contribution is 2.27. The molecule has 0 aliphatic carbocycles. The fourth-order valence-electron chi connectivity index (χ4n) is 3.58. The number of carbonyl (C=O) groups is 1. The quantitative estimate of drug-likeness (QED) is 0.786. The van der Waals surface area contributed by atoms with Gasteiger partial charge in [-0.3, -0.25) is 9.69 Å². The first kappa shape index (κ1) is 18.7. The van der Waals surface area contributed by atoms with Gasteiger partial charge in [0.1, 0.15) is 0 Å². The van der Waals surface area contributed by atoms with Crippen molar-refractivity contribution < 1.29 is 4.79 Å². The van der Waals surface area contributed by atoms with Crippen LogP contribution >= 0.6 is 0 Å². The van der Waals surface area contributed by atoms with E-state index in [1.54, 1.807) is 0 Å². The summed E-state index contributed by atoms with van der Waals surface area (Å²) in [7, 11) is 0. The summed E-state index contributed by atoms with van der Waals surface area (Å²) in [6.07, 6.45) is 1.23. The van der Waals surface area contributed by atoms with Crippen molar-refractivity contribution in [3.8, 4) is 0 Å². The lowest BCUT2D eigenvalue weighted by atomic mass is 9.90. The molecule has 3 rings (SSSR count). The molecule has 0 bridgehead atoms. The zero-order chi connectivity index (χ0) is 18.4. The van der Waals surface area contributed by atoms with Crippen LogP contribution in [0.1, 0.15) is 37.3 Å². The number of carbonyl (C=O) groups excluding carboxylic acids is 1. The van der Waals surface area contributed by atoms with E-state index < -0.39 is 0 Å². The van der Waals surface area contributed by atoms with Gasteiger partial charge in [-0.15, -0.1) is 0 Å². The summed E-state index contributed by atoms with van der Waals surface area (Å²) < 4.78 is 0. The number of hydrogen-bond acceptors (Lipinski definition) is 2. The van der Waals surface area contributed by atoms with Gasteiger partial charge in [0.2, 0.25) is 5.91 Å². The summed E-state index contributed by atoms with van der Waals surface area (Å²) in [5, 5.41) is 0. The number of piperazine rings is 1. The Labute approximate surface area is 157 Å². The minimum Gasteiger partial charge on any atom is -0.339 e. The minimum atomic E-state index is -0.209. The second-order valence-corrected chi connectivity index (χ2v) is 7.60. The molecular formula is C23H30N2O. The molecule has 0 spiro atoms. The van der Waals surface area contributed by atoms with E-state index in [4.69, 9.17) is 0 Å². The second kappa shape index (κ2) is 9.00. The van der Waals surface area contributed by atoms with Crippen molar-refractivity contribution >= 4 is 5.91 Å². The molecule has 2 aromatic rings. The van der Waals surface area contributed by atoms with Gasteiger partial charge >= 0.3 is 0 Å². The Kier molecular flexibility index (Phi) is 6.45. The molecule has 3 nitrogen and oxygen atoms in total. The van der Waals surface area contributed by atoms with Gasteiger partial charge in [0, 0.05) is 26.2 Å². The Morgan fingerprint density at radius 1 is 0.846 bits per heavy atom. The topological polar surface area (TPSA) is 23.6 Å². The van der Waals surface area contributed by atoms with Crippen LogP contribution in [0.5, 0.6) is 0 Å². The molecule has 0 aromatic heterocycles. The van der Waals surface area contributed by atoms with Crippen LogP contribution in [0.3, 0.4) is 0 Å². The summed E-state index contributed by atoms with van der Waals surface area (Å²) in [5.41, 5.74) is 2.15. The third kappa shape index (κ3) is 4.73. The molecule has 26 heavy (non-hydrogen) atoms. The first-order valence-electron chi connectivity index (χ1n) is 9.76. The van der Waals surface area contributed by atoms with Crippen LogP contribution in [-0.4, -0.2) is 48.4 Å². The average Bonchev–Trinajstić information content (AvgIpc) is 2.68. The van der Waals surface area contributed by atoms with Gasteiger partial charge in [0.05, 0.1) is 5.92 Å². The van der Waals surface area contributed by atoms with Gasteiger partial charge in [-0.2, -0.15) is 0 Å². The molecule has 0 unspecified atom stereocenters. The molecule has 1 aliphatic rings. The normalized spacial score (nSPS) is 15.6. The van der Waals surface area contributed by atoms with Gasteiger partial charge in [0.25, 0.3) is 0 Å². The first-order chi connectivity index (χ1) is 12.6. The number of hydrogen-bond donors (Lipinski definition) is 0. The lowest BCUT2D eigenvalue weighted by molar-refractivity contribution is -0.133. The van der Waals surface area contributed by atoms with Gasteiger partial charge in [-0.05, 0) is 30.0 Å². The Bertz CT molecular complexity index is 636. The smallest absolute Gasteiger partial charge is 0.234 e. The molecule has 0 atom stereocenters. The van der Waals surface area contributed by atoms with Crippen LogP contribution < -0.4 is 0 Å². The highest BCUT2D eigenvalue weighted by molar-refractivity contribution is 5.87. The molecular weight excluding hydrogens is 320 g/mol. The number of nitrogens with zero attached hydrogens (tertiary/aromatic N) is 2. The van der Waals surface area contributed by atoms with Crippen LogP contribution in [0, 0.1) is 5.92 Å². The van der Waals surface area contributed by atoms with Gasteiger partial charge in [-0.25, -0.2) is 0 Å². The molecule has 1 fully saturated rings. The van der Waals surface area contributed by atoms with E-state index in [9.17, 15) is 4.79 Å². The van der Waals surface area contributed by atoms with Crippen LogP contribution in [0.4, 0.5) is 0 Å². The zero-order valence-corrected chi connectivity index (χ0v) is 16.0. The van der Waals surface area contributed by atoms with Crippen molar-refractivity contribution in [3.63, 3.8) is 0 Å². The number of benzene rings is 2. The maximum Gasteiger partial charge on any atom is 0.234 e. The Balaban J connectivity index is 1.71. The molecule has 2 aromatic carbocycles. The molecule has 3 heteroatoms. The average molecular weight is 351 g/mol. The Morgan fingerprint density at radius 2 is 1.35 bits per heavy atom. The highest BCUT2D eigenvalue weighted by Gasteiger charge is 2.29. The predicted octanol–water partition coefficient (Wildman–Crippen LogP) is 4.01. The van der Waals surface area contributed by atoms with E-state index in [2.05, 4.69) is 47.9 Å². The Morgan fingerprint density at radius 3 is 1.81 bits per heavy atom. The summed E-state index contributed by atoms with van der Waals surface area (Å²) in [4.78, 5) is 17.9. The molecule has 0 radical (unpaired) electrons. The third-order valence-electron chi connectivity index (χ3n) is 5.22. The van der Waals surface area contributed by atoms with E-state index in [1.807, 2.05) is 36.4 Å². The van der Waals surface area contributed by atoms with Crippen LogP contribution in [0.15, 0.2) is 60.7 Å². The predicted molar refractivity (Wildman–Crippen MR) is 107 cm³/mol. The van der Waals surface area contributed by atoms with E-state index in [0.29, 0.717) is 0 Å². The molecule has 0 saturated carbocycles. The number of amides is 1. The van der Waals surface area contributed by atoms with Crippen molar-refractivity contribution in [2.45, 2.75) is 26.2 Å². The highest BCUT2D eigenvalue weighted by atomic mass is 16.2. The first-order valence-corrected chi connectivity index (χ1v) is 9.76. The van der Waals surface area contributed by atoms with Crippen LogP contribution in [-0.2, 0) is 4.79 Å². The van der Waals surface area contributed by atoms with Crippen molar-refractivity contribution in [3.05, 3.63) is 71.8 Å². The summed E-state index contributed by atoms with van der Waals surface area (Å²) in [5.74, 6) is 0.751. The SMILES string of the molecule is CC(C)CCN1CCN(C(=O)C(c2ccccc2)c2ccccc2)CC1. The summed E-state index contributed by atoms with van der Waals surface area (Å²) in [6.45, 7) is 9.29. The Hall–Kier alpha value is -2.13. The second-order valence-electron chi connectivity index (χ2n) is 7.60. The monoisotopic (exact) mass is 350 g/mol. The fourth-order valence-corrected chi connectivity index (χ4v) is 3.58. The van der Waals surface area contributed by atoms with E-state index in [0.717, 1.165) is 49.8 Å². The maximum absolute atomic E-state index is 13.4. The fraction of sp³-hybridized carbons (Fsp3) is 0.435. The molecule has 1 saturated heterocycles. The van der Waals surface area contributed by atoms with Gasteiger partial charge in [-0.1, -0.05) is 74.5 Å². The lowest BCUT2D eigenvalue weighted by Crippen LogP contribution is -2.50. The number of rotatable bonds is 6. The molecule has 138 valence electrons. The molecule has 1 aliphatic heterocycles. The molecule has 0 N–H and O–H groups in total. The largest absolute Gasteiger partial charge is 0.339 e. The van der Waals surface area contributed by atoms with Crippen molar-refractivity contribution in [1.29, 1.82) is 0 Å². The van der Waals surface area contributed by atoms with E-state index in [-0.39, 0.29) is 11.8 Å². The van der Waals surface area contributed by atoms with Crippen LogP contribution in [0.25, 0.3) is 0 Å². The van der Waals surface area contributed by atoms with E-state index >= 15 is 0 Å². The standard InChI is InChI=1S/C23H30N2O/c1-19(2)13-14-24-15-17-25(18-16-24)23(26)22(20-9-5-3-6-10-20)21-11-7-4-8-12-21/h3-12,19,22H,13-18H2,1-2H3. The summed E-state index contributed by atoms with van der Waals surface area (Å²) >= 11 is 0. The molecule has 1 heterocycles. The van der Waals surface area contributed by atoms with E-state index in [1.165, 1.54) is 6.42 Å². The van der Waals surface area contributed by atoms with Gasteiger partial charge < -0.3 is 4.90 Å². The summed E-state index contributed by atoms with van der Waals surface area (Å²) in [6, 6.07) is 20.3. The lowest BCUT2D eigenvalue weighted by Gasteiger charge is -2.37. The zero-order valence-electron chi connectivity index (χ0n) is 16.0.